The Balaban J connectivity index is 1.50. The van der Waals surface area contributed by atoms with Crippen LogP contribution in [0.5, 0.6) is 0 Å². The molecule has 2 saturated carbocycles. The summed E-state index contributed by atoms with van der Waals surface area (Å²) in [5.41, 5.74) is 5.65. The minimum Gasteiger partial charge on any atom is -0.330 e. The highest BCUT2D eigenvalue weighted by atomic mass is 32.2. The third kappa shape index (κ3) is 3.53. The molecule has 0 unspecified atom stereocenters. The van der Waals surface area contributed by atoms with Crippen molar-refractivity contribution in [2.45, 2.75) is 38.5 Å². The molecule has 1 heterocycles. The average Bonchev–Trinajstić information content (AvgIpc) is 3.32. The van der Waals surface area contributed by atoms with E-state index in [0.29, 0.717) is 38.0 Å². The van der Waals surface area contributed by atoms with Crippen LogP contribution in [0.25, 0.3) is 0 Å². The maximum absolute atomic E-state index is 12.4. The number of nitrogens with two attached hydrogens (primary N) is 1. The molecule has 20 heavy (non-hydrogen) atoms. The van der Waals surface area contributed by atoms with Crippen LogP contribution in [0.1, 0.15) is 38.5 Å². The molecule has 3 N–H and O–H groups in total. The highest BCUT2D eigenvalue weighted by Crippen LogP contribution is 2.48. The predicted molar refractivity (Wildman–Crippen MR) is 79.2 cm³/mol. The maximum atomic E-state index is 12.4. The number of piperidine rings is 1. The second kappa shape index (κ2) is 5.91. The lowest BCUT2D eigenvalue weighted by Gasteiger charge is -2.31. The number of rotatable bonds is 7. The molecule has 6 heteroatoms. The van der Waals surface area contributed by atoms with Gasteiger partial charge in [0.05, 0.1) is 0 Å². The van der Waals surface area contributed by atoms with E-state index in [0.717, 1.165) is 24.7 Å². The Labute approximate surface area is 122 Å². The zero-order chi connectivity index (χ0) is 14.2. The van der Waals surface area contributed by atoms with E-state index >= 15 is 0 Å². The van der Waals surface area contributed by atoms with E-state index in [1.165, 1.54) is 25.7 Å². The van der Waals surface area contributed by atoms with E-state index in [9.17, 15) is 8.42 Å². The minimum atomic E-state index is -3.28. The summed E-state index contributed by atoms with van der Waals surface area (Å²) in [6.45, 7) is 2.56. The Morgan fingerprint density at radius 3 is 2.05 bits per heavy atom. The summed E-state index contributed by atoms with van der Waals surface area (Å²) in [5.74, 6) is 2.65. The van der Waals surface area contributed by atoms with Crippen molar-refractivity contribution in [3.05, 3.63) is 0 Å². The van der Waals surface area contributed by atoms with Crippen LogP contribution in [0.3, 0.4) is 0 Å². The molecule has 0 aromatic rings. The Bertz CT molecular complexity index is 412. The van der Waals surface area contributed by atoms with Crippen molar-refractivity contribution < 1.29 is 8.42 Å². The molecule has 1 aliphatic heterocycles. The third-order valence-corrected chi connectivity index (χ3v) is 6.78. The van der Waals surface area contributed by atoms with Crippen LogP contribution in [0.15, 0.2) is 0 Å². The van der Waals surface area contributed by atoms with Gasteiger partial charge in [0.2, 0.25) is 0 Å². The Morgan fingerprint density at radius 1 is 1.05 bits per heavy atom. The van der Waals surface area contributed by atoms with Crippen LogP contribution in [0, 0.1) is 23.7 Å². The van der Waals surface area contributed by atoms with Gasteiger partial charge in [0, 0.05) is 19.6 Å². The Hall–Kier alpha value is -0.170. The molecular formula is C14H27N3O2S. The summed E-state index contributed by atoms with van der Waals surface area (Å²) in [4.78, 5) is 0. The first kappa shape index (κ1) is 14.8. The molecule has 5 nitrogen and oxygen atoms in total. The van der Waals surface area contributed by atoms with Crippen molar-refractivity contribution in [3.63, 3.8) is 0 Å². The molecule has 3 rings (SSSR count). The summed E-state index contributed by atoms with van der Waals surface area (Å²) in [5, 5.41) is 0. The molecule has 0 aromatic carbocycles. The molecule has 3 aliphatic rings. The quantitative estimate of drug-likeness (QED) is 0.734. The van der Waals surface area contributed by atoms with Gasteiger partial charge in [-0.2, -0.15) is 12.7 Å². The van der Waals surface area contributed by atoms with E-state index in [1.807, 2.05) is 0 Å². The molecule has 3 fully saturated rings. The van der Waals surface area contributed by atoms with Gasteiger partial charge >= 0.3 is 0 Å². The van der Waals surface area contributed by atoms with E-state index in [-0.39, 0.29) is 0 Å². The lowest BCUT2D eigenvalue weighted by molar-refractivity contribution is 0.274. The smallest absolute Gasteiger partial charge is 0.279 e. The molecule has 0 bridgehead atoms. The van der Waals surface area contributed by atoms with Gasteiger partial charge in [-0.05, 0) is 68.7 Å². The maximum Gasteiger partial charge on any atom is 0.279 e. The van der Waals surface area contributed by atoms with Gasteiger partial charge in [-0.15, -0.1) is 0 Å². The first-order valence-electron chi connectivity index (χ1n) is 8.05. The SMILES string of the molecule is NCC1CCN(S(=O)(=O)NCC(C2CC2)C2CC2)CC1. The fraction of sp³-hybridized carbons (Fsp3) is 1.00. The van der Waals surface area contributed by atoms with Crippen LogP contribution in [-0.2, 0) is 10.2 Å². The number of nitrogens with one attached hydrogen (secondary N) is 1. The van der Waals surface area contributed by atoms with Crippen molar-refractivity contribution in [2.75, 3.05) is 26.2 Å². The second-order valence-electron chi connectivity index (χ2n) is 6.77. The first-order valence-corrected chi connectivity index (χ1v) is 9.49. The molecule has 0 atom stereocenters. The first-order chi connectivity index (χ1) is 9.60. The van der Waals surface area contributed by atoms with E-state index in [2.05, 4.69) is 4.72 Å². The summed E-state index contributed by atoms with van der Waals surface area (Å²) < 4.78 is 29.2. The zero-order valence-electron chi connectivity index (χ0n) is 12.1. The predicted octanol–water partition coefficient (Wildman–Crippen LogP) is 0.928. The molecule has 0 spiro atoms. The van der Waals surface area contributed by atoms with Crippen LogP contribution >= 0.6 is 0 Å². The summed E-state index contributed by atoms with van der Waals surface area (Å²) >= 11 is 0. The second-order valence-corrected chi connectivity index (χ2v) is 8.53. The van der Waals surface area contributed by atoms with Gasteiger partial charge in [-0.3, -0.25) is 0 Å². The number of hydrogen-bond acceptors (Lipinski definition) is 3. The lowest BCUT2D eigenvalue weighted by atomic mass is 9.98. The van der Waals surface area contributed by atoms with Crippen molar-refractivity contribution >= 4 is 10.2 Å². The topological polar surface area (TPSA) is 75.4 Å². The summed E-state index contributed by atoms with van der Waals surface area (Å²) in [6, 6.07) is 0. The number of hydrogen-bond donors (Lipinski definition) is 2. The van der Waals surface area contributed by atoms with Gasteiger partial charge < -0.3 is 5.73 Å². The third-order valence-electron chi connectivity index (χ3n) is 5.20. The van der Waals surface area contributed by atoms with Gasteiger partial charge in [0.15, 0.2) is 0 Å². The molecule has 1 saturated heterocycles. The van der Waals surface area contributed by atoms with Gasteiger partial charge in [0.1, 0.15) is 0 Å². The van der Waals surface area contributed by atoms with E-state index < -0.39 is 10.2 Å². The average molecular weight is 301 g/mol. The van der Waals surface area contributed by atoms with Gasteiger partial charge in [-0.1, -0.05) is 0 Å². The minimum absolute atomic E-state index is 0.493. The van der Waals surface area contributed by atoms with E-state index in [1.54, 1.807) is 4.31 Å². The largest absolute Gasteiger partial charge is 0.330 e. The van der Waals surface area contributed by atoms with Crippen molar-refractivity contribution in [3.8, 4) is 0 Å². The fourth-order valence-corrected chi connectivity index (χ4v) is 4.72. The lowest BCUT2D eigenvalue weighted by Crippen LogP contribution is -2.47. The molecule has 0 amide bonds. The summed E-state index contributed by atoms with van der Waals surface area (Å²) in [6.07, 6.45) is 6.98. The number of nitrogens with zero attached hydrogens (tertiary/aromatic N) is 1. The van der Waals surface area contributed by atoms with Crippen LogP contribution in [-0.4, -0.2) is 38.9 Å². The van der Waals surface area contributed by atoms with Crippen molar-refractivity contribution in [1.82, 2.24) is 9.03 Å². The highest BCUT2D eigenvalue weighted by molar-refractivity contribution is 7.87. The van der Waals surface area contributed by atoms with Crippen molar-refractivity contribution in [1.29, 1.82) is 0 Å². The standard InChI is InChI=1S/C14H27N3O2S/c15-9-11-5-7-17(8-6-11)20(18,19)16-10-14(12-1-2-12)13-3-4-13/h11-14,16H,1-10,15H2. The van der Waals surface area contributed by atoms with E-state index in [4.69, 9.17) is 5.73 Å². The molecule has 116 valence electrons. The monoisotopic (exact) mass is 301 g/mol. The van der Waals surface area contributed by atoms with Gasteiger partial charge in [0.25, 0.3) is 10.2 Å². The molecule has 2 aliphatic carbocycles. The van der Waals surface area contributed by atoms with Crippen LogP contribution in [0.2, 0.25) is 0 Å². The highest BCUT2D eigenvalue weighted by Gasteiger charge is 2.42. The normalized spacial score (nSPS) is 26.3. The van der Waals surface area contributed by atoms with Gasteiger partial charge in [-0.25, -0.2) is 4.72 Å². The molecular weight excluding hydrogens is 274 g/mol. The van der Waals surface area contributed by atoms with Crippen LogP contribution < -0.4 is 10.5 Å². The molecule has 0 aromatic heterocycles. The van der Waals surface area contributed by atoms with Crippen LogP contribution in [0.4, 0.5) is 0 Å². The Morgan fingerprint density at radius 2 is 1.60 bits per heavy atom. The Kier molecular flexibility index (Phi) is 4.36. The molecule has 0 radical (unpaired) electrons. The fourth-order valence-electron chi connectivity index (χ4n) is 3.45. The summed E-state index contributed by atoms with van der Waals surface area (Å²) in [7, 11) is -3.28. The zero-order valence-corrected chi connectivity index (χ0v) is 12.9. The van der Waals surface area contributed by atoms with Crippen molar-refractivity contribution in [2.24, 2.45) is 29.4 Å².